The van der Waals surface area contributed by atoms with Gasteiger partial charge in [-0.2, -0.15) is 0 Å². The minimum atomic E-state index is -2.86. The Bertz CT molecular complexity index is 267. The molecule has 0 aromatic carbocycles. The van der Waals surface area contributed by atoms with Gasteiger partial charge in [-0.05, 0) is 33.4 Å². The van der Waals surface area contributed by atoms with Crippen molar-refractivity contribution in [2.24, 2.45) is 0 Å². The number of rotatable bonds is 7. The molecular formula is C10H23NO3S. The zero-order valence-electron chi connectivity index (χ0n) is 10.2. The van der Waals surface area contributed by atoms with Gasteiger partial charge in [-0.25, -0.2) is 8.42 Å². The summed E-state index contributed by atoms with van der Waals surface area (Å²) < 4.78 is 21.8. The highest BCUT2D eigenvalue weighted by atomic mass is 32.2. The first-order chi connectivity index (χ1) is 6.64. The SMILES string of the molecule is CCN(CCCS(C)(=O)=O)CC(C)(C)O. The van der Waals surface area contributed by atoms with Crippen LogP contribution >= 0.6 is 0 Å². The van der Waals surface area contributed by atoms with Crippen molar-refractivity contribution in [1.82, 2.24) is 4.90 Å². The van der Waals surface area contributed by atoms with Gasteiger partial charge in [0, 0.05) is 12.8 Å². The van der Waals surface area contributed by atoms with Gasteiger partial charge in [0.2, 0.25) is 0 Å². The first-order valence-electron chi connectivity index (χ1n) is 5.26. The quantitative estimate of drug-likeness (QED) is 0.701. The van der Waals surface area contributed by atoms with Crippen molar-refractivity contribution in [3.05, 3.63) is 0 Å². The minimum Gasteiger partial charge on any atom is -0.389 e. The Kier molecular flexibility index (Phi) is 5.77. The molecule has 0 aliphatic rings. The van der Waals surface area contributed by atoms with Gasteiger partial charge in [-0.1, -0.05) is 6.92 Å². The van der Waals surface area contributed by atoms with Crippen LogP contribution in [0.2, 0.25) is 0 Å². The van der Waals surface area contributed by atoms with Crippen LogP contribution in [0.4, 0.5) is 0 Å². The third-order valence-electron chi connectivity index (χ3n) is 2.05. The lowest BCUT2D eigenvalue weighted by atomic mass is 10.1. The van der Waals surface area contributed by atoms with Crippen molar-refractivity contribution in [1.29, 1.82) is 0 Å². The van der Waals surface area contributed by atoms with Crippen LogP contribution in [0.15, 0.2) is 0 Å². The summed E-state index contributed by atoms with van der Waals surface area (Å²) in [4.78, 5) is 2.06. The minimum absolute atomic E-state index is 0.218. The lowest BCUT2D eigenvalue weighted by Crippen LogP contribution is -2.39. The fourth-order valence-corrected chi connectivity index (χ4v) is 2.10. The molecule has 0 aromatic rings. The van der Waals surface area contributed by atoms with Gasteiger partial charge >= 0.3 is 0 Å². The first kappa shape index (κ1) is 14.9. The number of hydrogen-bond acceptors (Lipinski definition) is 4. The molecule has 0 aliphatic carbocycles. The molecule has 0 rings (SSSR count). The van der Waals surface area contributed by atoms with Crippen molar-refractivity contribution in [2.45, 2.75) is 32.8 Å². The Balaban J connectivity index is 3.92. The molecular weight excluding hydrogens is 214 g/mol. The summed E-state index contributed by atoms with van der Waals surface area (Å²) >= 11 is 0. The Morgan fingerprint density at radius 3 is 2.20 bits per heavy atom. The fraction of sp³-hybridized carbons (Fsp3) is 1.00. The number of sulfone groups is 1. The second kappa shape index (κ2) is 5.82. The Hall–Kier alpha value is -0.130. The molecule has 0 amide bonds. The predicted molar refractivity (Wildman–Crippen MR) is 62.7 cm³/mol. The maximum atomic E-state index is 10.9. The van der Waals surface area contributed by atoms with Crippen LogP contribution < -0.4 is 0 Å². The summed E-state index contributed by atoms with van der Waals surface area (Å²) in [6.07, 6.45) is 1.88. The summed E-state index contributed by atoms with van der Waals surface area (Å²) in [5, 5.41) is 9.62. The normalized spacial score (nSPS) is 13.5. The second-order valence-corrected chi connectivity index (χ2v) is 6.92. The Labute approximate surface area is 93.2 Å². The predicted octanol–water partition coefficient (Wildman–Crippen LogP) is 0.514. The van der Waals surface area contributed by atoms with Crippen molar-refractivity contribution in [3.8, 4) is 0 Å². The third-order valence-corrected chi connectivity index (χ3v) is 3.08. The summed E-state index contributed by atoms with van der Waals surface area (Å²) in [7, 11) is -2.86. The molecule has 0 aromatic heterocycles. The lowest BCUT2D eigenvalue weighted by molar-refractivity contribution is 0.0380. The van der Waals surface area contributed by atoms with Crippen LogP contribution in [0.1, 0.15) is 27.2 Å². The molecule has 15 heavy (non-hydrogen) atoms. The maximum Gasteiger partial charge on any atom is 0.147 e. The van der Waals surface area contributed by atoms with E-state index in [1.54, 1.807) is 13.8 Å². The van der Waals surface area contributed by atoms with Gasteiger partial charge in [0.05, 0.1) is 11.4 Å². The summed E-state index contributed by atoms with van der Waals surface area (Å²) in [6, 6.07) is 0. The number of nitrogens with zero attached hydrogens (tertiary/aromatic N) is 1. The highest BCUT2D eigenvalue weighted by molar-refractivity contribution is 7.90. The maximum absolute atomic E-state index is 10.9. The van der Waals surface area contributed by atoms with Crippen LogP contribution in [0, 0.1) is 0 Å². The van der Waals surface area contributed by atoms with Gasteiger partial charge in [-0.3, -0.25) is 0 Å². The van der Waals surface area contributed by atoms with Crippen molar-refractivity contribution in [2.75, 3.05) is 31.6 Å². The van der Waals surface area contributed by atoms with Crippen LogP contribution in [0.5, 0.6) is 0 Å². The van der Waals surface area contributed by atoms with Gasteiger partial charge in [0.15, 0.2) is 0 Å². The van der Waals surface area contributed by atoms with E-state index >= 15 is 0 Å². The zero-order chi connectivity index (χ0) is 12.1. The van der Waals surface area contributed by atoms with E-state index in [1.165, 1.54) is 6.26 Å². The van der Waals surface area contributed by atoms with Crippen LogP contribution in [-0.2, 0) is 9.84 Å². The summed E-state index contributed by atoms with van der Waals surface area (Å²) in [6.45, 7) is 7.64. The standard InChI is InChI=1S/C10H23NO3S/c1-5-11(9-10(2,3)12)7-6-8-15(4,13)14/h12H,5-9H2,1-4H3. The van der Waals surface area contributed by atoms with Crippen LogP contribution in [-0.4, -0.2) is 55.7 Å². The summed E-state index contributed by atoms with van der Waals surface area (Å²) in [5.41, 5.74) is -0.721. The van der Waals surface area contributed by atoms with Crippen LogP contribution in [0.25, 0.3) is 0 Å². The molecule has 0 bridgehead atoms. The second-order valence-electron chi connectivity index (χ2n) is 4.66. The van der Waals surface area contributed by atoms with E-state index in [-0.39, 0.29) is 5.75 Å². The van der Waals surface area contributed by atoms with E-state index < -0.39 is 15.4 Å². The third kappa shape index (κ3) is 10.2. The van der Waals surface area contributed by atoms with E-state index in [9.17, 15) is 13.5 Å². The molecule has 4 nitrogen and oxygen atoms in total. The molecule has 0 radical (unpaired) electrons. The van der Waals surface area contributed by atoms with Crippen molar-refractivity contribution < 1.29 is 13.5 Å². The van der Waals surface area contributed by atoms with Crippen molar-refractivity contribution >= 4 is 9.84 Å². The molecule has 0 aliphatic heterocycles. The molecule has 0 heterocycles. The van der Waals surface area contributed by atoms with E-state index in [0.717, 1.165) is 6.54 Å². The highest BCUT2D eigenvalue weighted by Crippen LogP contribution is 2.05. The number of aliphatic hydroxyl groups is 1. The summed E-state index contributed by atoms with van der Waals surface area (Å²) in [5.74, 6) is 0.218. The van der Waals surface area contributed by atoms with Crippen LogP contribution in [0.3, 0.4) is 0 Å². The number of hydrogen-bond donors (Lipinski definition) is 1. The molecule has 0 atom stereocenters. The van der Waals surface area contributed by atoms with Gasteiger partial charge in [-0.15, -0.1) is 0 Å². The molecule has 0 fully saturated rings. The molecule has 92 valence electrons. The van der Waals surface area contributed by atoms with E-state index in [2.05, 4.69) is 4.90 Å². The van der Waals surface area contributed by atoms with Gasteiger partial charge in [0.1, 0.15) is 9.84 Å². The zero-order valence-corrected chi connectivity index (χ0v) is 11.0. The molecule has 0 saturated heterocycles. The molecule has 0 saturated carbocycles. The smallest absolute Gasteiger partial charge is 0.147 e. The van der Waals surface area contributed by atoms with Crippen molar-refractivity contribution in [3.63, 3.8) is 0 Å². The molecule has 1 N–H and O–H groups in total. The molecule has 5 heteroatoms. The van der Waals surface area contributed by atoms with E-state index in [4.69, 9.17) is 0 Å². The van der Waals surface area contributed by atoms with E-state index in [0.29, 0.717) is 19.5 Å². The highest BCUT2D eigenvalue weighted by Gasteiger charge is 2.17. The largest absolute Gasteiger partial charge is 0.389 e. The Morgan fingerprint density at radius 2 is 1.87 bits per heavy atom. The number of likely N-dealkylation sites (N-methyl/N-ethyl adjacent to an activating group) is 1. The van der Waals surface area contributed by atoms with Gasteiger partial charge in [0.25, 0.3) is 0 Å². The van der Waals surface area contributed by atoms with E-state index in [1.807, 2.05) is 6.92 Å². The lowest BCUT2D eigenvalue weighted by Gasteiger charge is -2.27. The molecule has 0 spiro atoms. The fourth-order valence-electron chi connectivity index (χ4n) is 1.45. The Morgan fingerprint density at radius 1 is 1.33 bits per heavy atom. The van der Waals surface area contributed by atoms with Gasteiger partial charge < -0.3 is 10.0 Å². The monoisotopic (exact) mass is 237 g/mol. The average molecular weight is 237 g/mol. The molecule has 0 unspecified atom stereocenters. The first-order valence-corrected chi connectivity index (χ1v) is 7.32. The average Bonchev–Trinajstić information content (AvgIpc) is 1.97. The topological polar surface area (TPSA) is 57.6 Å².